The van der Waals surface area contributed by atoms with Crippen LogP contribution in [0.3, 0.4) is 0 Å². The lowest BCUT2D eigenvalue weighted by molar-refractivity contribution is 0.112. The smallest absolute Gasteiger partial charge is 0.203 e. The highest BCUT2D eigenvalue weighted by Crippen LogP contribution is 2.38. The average molecular weight is 410 g/mol. The van der Waals surface area contributed by atoms with E-state index in [0.717, 1.165) is 69.4 Å². The number of ether oxygens (including phenoxy) is 4. The zero-order valence-electron chi connectivity index (χ0n) is 17.0. The first-order valence-corrected chi connectivity index (χ1v) is 10.2. The van der Waals surface area contributed by atoms with E-state index in [0.29, 0.717) is 23.4 Å². The molecule has 0 amide bonds. The minimum Gasteiger partial charge on any atom is -0.493 e. The third kappa shape index (κ3) is 5.18. The SMILES string of the molecule is COc1cc(CN2CCN(C(=S)NC[C@H]3CCCO3)CC2)cc(OC)c1OC. The van der Waals surface area contributed by atoms with Crippen molar-refractivity contribution < 1.29 is 18.9 Å². The standard InChI is InChI=1S/C20H31N3O4S/c1-24-17-11-15(12-18(25-2)19(17)26-3)14-22-6-8-23(9-7-22)20(28)21-13-16-5-4-10-27-16/h11-12,16H,4-10,13-14H2,1-3H3,(H,21,28)/t16-/m1/s1. The van der Waals surface area contributed by atoms with Crippen LogP contribution in [0.2, 0.25) is 0 Å². The van der Waals surface area contributed by atoms with Gasteiger partial charge in [0.2, 0.25) is 5.75 Å². The summed E-state index contributed by atoms with van der Waals surface area (Å²) in [5.41, 5.74) is 1.14. The summed E-state index contributed by atoms with van der Waals surface area (Å²) in [6.45, 7) is 6.27. The fraction of sp³-hybridized carbons (Fsp3) is 0.650. The number of rotatable bonds is 7. The van der Waals surface area contributed by atoms with Crippen LogP contribution in [-0.4, -0.2) is 81.7 Å². The lowest BCUT2D eigenvalue weighted by atomic mass is 10.1. The highest BCUT2D eigenvalue weighted by Gasteiger charge is 2.22. The van der Waals surface area contributed by atoms with Gasteiger partial charge in [-0.15, -0.1) is 0 Å². The van der Waals surface area contributed by atoms with Crippen molar-refractivity contribution in [3.63, 3.8) is 0 Å². The van der Waals surface area contributed by atoms with E-state index in [1.807, 2.05) is 12.1 Å². The van der Waals surface area contributed by atoms with Gasteiger partial charge in [0, 0.05) is 45.9 Å². The molecular weight excluding hydrogens is 378 g/mol. The van der Waals surface area contributed by atoms with E-state index in [9.17, 15) is 0 Å². The average Bonchev–Trinajstić information content (AvgIpc) is 3.25. The van der Waals surface area contributed by atoms with Crippen LogP contribution in [0.4, 0.5) is 0 Å². The molecular formula is C20H31N3O4S. The molecule has 0 bridgehead atoms. The van der Waals surface area contributed by atoms with Crippen LogP contribution in [0.15, 0.2) is 12.1 Å². The van der Waals surface area contributed by atoms with Gasteiger partial charge in [-0.2, -0.15) is 0 Å². The number of piperazine rings is 1. The van der Waals surface area contributed by atoms with Gasteiger partial charge in [0.1, 0.15) is 0 Å². The number of hydrogen-bond donors (Lipinski definition) is 1. The minimum absolute atomic E-state index is 0.305. The van der Waals surface area contributed by atoms with E-state index >= 15 is 0 Å². The maximum absolute atomic E-state index is 5.65. The third-order valence-electron chi connectivity index (χ3n) is 5.30. The normalized spacial score (nSPS) is 20.1. The van der Waals surface area contributed by atoms with Crippen LogP contribution in [0.5, 0.6) is 17.2 Å². The molecule has 7 nitrogen and oxygen atoms in total. The molecule has 28 heavy (non-hydrogen) atoms. The van der Waals surface area contributed by atoms with E-state index in [2.05, 4.69) is 15.1 Å². The fourth-order valence-corrected chi connectivity index (χ4v) is 3.98. The van der Waals surface area contributed by atoms with Crippen LogP contribution in [0, 0.1) is 0 Å². The molecule has 2 fully saturated rings. The molecule has 0 unspecified atom stereocenters. The van der Waals surface area contributed by atoms with Crippen LogP contribution < -0.4 is 19.5 Å². The fourth-order valence-electron chi connectivity index (χ4n) is 3.71. The molecule has 156 valence electrons. The number of thiocarbonyl (C=S) groups is 1. The molecule has 2 aliphatic heterocycles. The molecule has 0 saturated carbocycles. The lowest BCUT2D eigenvalue weighted by Gasteiger charge is -2.36. The van der Waals surface area contributed by atoms with E-state index in [1.165, 1.54) is 0 Å². The second-order valence-electron chi connectivity index (χ2n) is 7.12. The third-order valence-corrected chi connectivity index (χ3v) is 5.70. The Hall–Kier alpha value is -1.77. The van der Waals surface area contributed by atoms with Crippen molar-refractivity contribution in [2.75, 3.05) is 60.7 Å². The monoisotopic (exact) mass is 409 g/mol. The number of hydrogen-bond acceptors (Lipinski definition) is 6. The molecule has 1 N–H and O–H groups in total. The molecule has 2 saturated heterocycles. The highest BCUT2D eigenvalue weighted by molar-refractivity contribution is 7.80. The van der Waals surface area contributed by atoms with Crippen molar-refractivity contribution in [2.24, 2.45) is 0 Å². The van der Waals surface area contributed by atoms with E-state index in [-0.39, 0.29) is 0 Å². The Morgan fingerprint density at radius 1 is 1.11 bits per heavy atom. The summed E-state index contributed by atoms with van der Waals surface area (Å²) in [6, 6.07) is 4.03. The molecule has 0 spiro atoms. The summed E-state index contributed by atoms with van der Waals surface area (Å²) in [6.07, 6.45) is 2.58. The van der Waals surface area contributed by atoms with Gasteiger partial charge in [0.15, 0.2) is 16.6 Å². The summed E-state index contributed by atoms with van der Waals surface area (Å²) in [7, 11) is 4.91. The Labute approximate surface area is 172 Å². The summed E-state index contributed by atoms with van der Waals surface area (Å²) >= 11 is 5.56. The van der Waals surface area contributed by atoms with Crippen LogP contribution in [0.25, 0.3) is 0 Å². The topological polar surface area (TPSA) is 55.4 Å². The number of nitrogens with one attached hydrogen (secondary N) is 1. The first kappa shape index (κ1) is 21.0. The predicted octanol–water partition coefficient (Wildman–Crippen LogP) is 1.88. The van der Waals surface area contributed by atoms with E-state index in [4.69, 9.17) is 31.2 Å². The lowest BCUT2D eigenvalue weighted by Crippen LogP contribution is -2.52. The molecule has 1 aromatic carbocycles. The number of methoxy groups -OCH3 is 3. The number of benzene rings is 1. The quantitative estimate of drug-likeness (QED) is 0.686. The van der Waals surface area contributed by atoms with Crippen molar-refractivity contribution in [2.45, 2.75) is 25.5 Å². The van der Waals surface area contributed by atoms with Crippen LogP contribution >= 0.6 is 12.2 Å². The Balaban J connectivity index is 1.50. The molecule has 1 atom stereocenters. The molecule has 1 aromatic rings. The Kier molecular flexibility index (Phi) is 7.58. The van der Waals surface area contributed by atoms with Crippen molar-refractivity contribution in [1.29, 1.82) is 0 Å². The molecule has 0 aliphatic carbocycles. The van der Waals surface area contributed by atoms with Gasteiger partial charge >= 0.3 is 0 Å². The van der Waals surface area contributed by atoms with Crippen molar-refractivity contribution >= 4 is 17.3 Å². The maximum Gasteiger partial charge on any atom is 0.203 e. The maximum atomic E-state index is 5.65. The van der Waals surface area contributed by atoms with Crippen LogP contribution in [0.1, 0.15) is 18.4 Å². The highest BCUT2D eigenvalue weighted by atomic mass is 32.1. The zero-order chi connectivity index (χ0) is 19.9. The molecule has 0 aromatic heterocycles. The van der Waals surface area contributed by atoms with Crippen molar-refractivity contribution in [3.8, 4) is 17.2 Å². The molecule has 0 radical (unpaired) electrons. The molecule has 8 heteroatoms. The number of nitrogens with zero attached hydrogens (tertiary/aromatic N) is 2. The van der Waals surface area contributed by atoms with Gasteiger partial charge in [0.05, 0.1) is 27.4 Å². The summed E-state index contributed by atoms with van der Waals surface area (Å²) in [5, 5.41) is 4.20. The minimum atomic E-state index is 0.305. The molecule has 2 aliphatic rings. The molecule has 3 rings (SSSR count). The first-order chi connectivity index (χ1) is 13.6. The van der Waals surface area contributed by atoms with Gasteiger partial charge in [-0.3, -0.25) is 4.90 Å². The second-order valence-corrected chi connectivity index (χ2v) is 7.50. The Morgan fingerprint density at radius 2 is 1.79 bits per heavy atom. The van der Waals surface area contributed by atoms with E-state index < -0.39 is 0 Å². The van der Waals surface area contributed by atoms with Gasteiger partial charge in [-0.1, -0.05) is 0 Å². The van der Waals surface area contributed by atoms with Crippen molar-refractivity contribution in [3.05, 3.63) is 17.7 Å². The van der Waals surface area contributed by atoms with Gasteiger partial charge < -0.3 is 29.2 Å². The van der Waals surface area contributed by atoms with Gasteiger partial charge in [-0.05, 0) is 42.8 Å². The van der Waals surface area contributed by atoms with E-state index in [1.54, 1.807) is 21.3 Å². The Bertz CT molecular complexity index is 634. The first-order valence-electron chi connectivity index (χ1n) is 9.80. The summed E-state index contributed by atoms with van der Waals surface area (Å²) in [4.78, 5) is 4.66. The largest absolute Gasteiger partial charge is 0.493 e. The summed E-state index contributed by atoms with van der Waals surface area (Å²) in [5.74, 6) is 2.01. The predicted molar refractivity (Wildman–Crippen MR) is 113 cm³/mol. The Morgan fingerprint density at radius 3 is 2.32 bits per heavy atom. The van der Waals surface area contributed by atoms with Gasteiger partial charge in [0.25, 0.3) is 0 Å². The van der Waals surface area contributed by atoms with Gasteiger partial charge in [-0.25, -0.2) is 0 Å². The second kappa shape index (κ2) is 10.1. The summed E-state index contributed by atoms with van der Waals surface area (Å²) < 4.78 is 22.0. The zero-order valence-corrected chi connectivity index (χ0v) is 17.8. The van der Waals surface area contributed by atoms with Crippen LogP contribution in [-0.2, 0) is 11.3 Å². The molecule has 2 heterocycles. The van der Waals surface area contributed by atoms with Crippen molar-refractivity contribution in [1.82, 2.24) is 15.1 Å².